The molecule has 7 nitrogen and oxygen atoms in total. The maximum absolute atomic E-state index is 10.8. The van der Waals surface area contributed by atoms with Gasteiger partial charge >= 0.3 is 0 Å². The topological polar surface area (TPSA) is 80.3 Å². The minimum Gasteiger partial charge on any atom is -0.379 e. The first-order valence-electron chi connectivity index (χ1n) is 17.5. The molecule has 0 saturated heterocycles. The molecule has 0 radical (unpaired) electrons. The Hall–Kier alpha value is -2.24. The van der Waals surface area contributed by atoms with Gasteiger partial charge in [0.15, 0.2) is 0 Å². The van der Waals surface area contributed by atoms with E-state index in [4.69, 9.17) is 18.9 Å². The molecular formula is C39H56O7S2. The number of rotatable bonds is 29. The first-order chi connectivity index (χ1) is 23.5. The summed E-state index contributed by atoms with van der Waals surface area (Å²) in [5.41, 5.74) is 4.02. The summed E-state index contributed by atoms with van der Waals surface area (Å²) in [4.78, 5) is 0. The van der Waals surface area contributed by atoms with Crippen molar-refractivity contribution in [1.82, 2.24) is 0 Å². The summed E-state index contributed by atoms with van der Waals surface area (Å²) >= 11 is 2.07. The third-order valence-electron chi connectivity index (χ3n) is 7.93. The maximum atomic E-state index is 10.8. The van der Waals surface area contributed by atoms with Gasteiger partial charge in [0.2, 0.25) is 0 Å². The second kappa shape index (κ2) is 24.8. The van der Waals surface area contributed by atoms with Crippen molar-refractivity contribution in [2.45, 2.75) is 62.5 Å². The fraction of sp³-hybridized carbons (Fsp3) is 0.538. The van der Waals surface area contributed by atoms with Crippen LogP contribution in [0.15, 0.2) is 91.0 Å². The normalized spacial score (nSPS) is 12.0. The first-order valence-corrected chi connectivity index (χ1v) is 20.3. The highest BCUT2D eigenvalue weighted by molar-refractivity contribution is 8.00. The van der Waals surface area contributed by atoms with Gasteiger partial charge in [-0.2, -0.15) is 8.42 Å². The van der Waals surface area contributed by atoms with Gasteiger partial charge in [0.25, 0.3) is 10.1 Å². The molecule has 48 heavy (non-hydrogen) atoms. The van der Waals surface area contributed by atoms with Gasteiger partial charge in [-0.05, 0) is 35.3 Å². The van der Waals surface area contributed by atoms with E-state index in [1.54, 1.807) is 0 Å². The SMILES string of the molecule is CS(=O)(=O)OCCOCCOCCOCCOCCCCCCCCCCCSC(c1ccccc1)(c1ccccc1)c1ccccc1. The Labute approximate surface area is 294 Å². The Bertz CT molecular complexity index is 1200. The van der Waals surface area contributed by atoms with Crippen LogP contribution in [0.4, 0.5) is 0 Å². The van der Waals surface area contributed by atoms with Gasteiger partial charge in [-0.3, -0.25) is 4.18 Å². The molecular weight excluding hydrogens is 645 g/mol. The summed E-state index contributed by atoms with van der Waals surface area (Å²) in [5.74, 6) is 1.13. The molecule has 3 aromatic rings. The third-order valence-corrected chi connectivity index (χ3v) is 10.2. The van der Waals surface area contributed by atoms with Crippen LogP contribution in [0.3, 0.4) is 0 Å². The molecule has 0 unspecified atom stereocenters. The van der Waals surface area contributed by atoms with E-state index in [1.807, 2.05) is 0 Å². The Kier molecular flexibility index (Phi) is 20.8. The summed E-state index contributed by atoms with van der Waals surface area (Å²) in [7, 11) is -3.41. The minimum atomic E-state index is -3.41. The smallest absolute Gasteiger partial charge is 0.264 e. The number of hydrogen-bond acceptors (Lipinski definition) is 8. The second-order valence-electron chi connectivity index (χ2n) is 11.8. The van der Waals surface area contributed by atoms with Crippen molar-refractivity contribution < 1.29 is 31.5 Å². The Balaban J connectivity index is 1.15. The zero-order chi connectivity index (χ0) is 34.0. The Morgan fingerprint density at radius 3 is 1.19 bits per heavy atom. The van der Waals surface area contributed by atoms with E-state index in [2.05, 4.69) is 107 Å². The molecule has 0 aliphatic heterocycles. The molecule has 0 aliphatic rings. The Morgan fingerprint density at radius 2 is 0.792 bits per heavy atom. The lowest BCUT2D eigenvalue weighted by Crippen LogP contribution is -2.26. The molecule has 3 rings (SSSR count). The minimum absolute atomic E-state index is 0.0191. The van der Waals surface area contributed by atoms with Gasteiger partial charge in [-0.25, -0.2) is 0 Å². The largest absolute Gasteiger partial charge is 0.379 e. The van der Waals surface area contributed by atoms with Gasteiger partial charge in [0.05, 0.1) is 63.9 Å². The van der Waals surface area contributed by atoms with Crippen LogP contribution in [-0.2, 0) is 38.0 Å². The van der Waals surface area contributed by atoms with Crippen molar-refractivity contribution in [3.05, 3.63) is 108 Å². The van der Waals surface area contributed by atoms with Crippen molar-refractivity contribution in [2.75, 3.05) is 71.5 Å². The number of hydrogen-bond donors (Lipinski definition) is 0. The van der Waals surface area contributed by atoms with Gasteiger partial charge in [0.1, 0.15) is 0 Å². The van der Waals surface area contributed by atoms with Crippen molar-refractivity contribution in [3.8, 4) is 0 Å². The fourth-order valence-electron chi connectivity index (χ4n) is 5.54. The summed E-state index contributed by atoms with van der Waals surface area (Å²) in [6, 6.07) is 33.0. The zero-order valence-corrected chi connectivity index (χ0v) is 30.4. The number of unbranched alkanes of at least 4 members (excludes halogenated alkanes) is 8. The van der Waals surface area contributed by atoms with Crippen molar-refractivity contribution in [1.29, 1.82) is 0 Å². The van der Waals surface area contributed by atoms with Crippen LogP contribution in [0.25, 0.3) is 0 Å². The average Bonchev–Trinajstić information content (AvgIpc) is 3.10. The highest BCUT2D eigenvalue weighted by Crippen LogP contribution is 2.48. The van der Waals surface area contributed by atoms with E-state index < -0.39 is 10.1 Å². The van der Waals surface area contributed by atoms with Crippen LogP contribution in [0.1, 0.15) is 74.5 Å². The Morgan fingerprint density at radius 1 is 0.458 bits per heavy atom. The number of ether oxygens (including phenoxy) is 4. The summed E-state index contributed by atoms with van der Waals surface area (Å²) in [5, 5.41) is 0. The third kappa shape index (κ3) is 16.4. The molecule has 0 amide bonds. The van der Waals surface area contributed by atoms with Crippen LogP contribution < -0.4 is 0 Å². The molecule has 0 heterocycles. The molecule has 0 spiro atoms. The average molecular weight is 701 g/mol. The fourth-order valence-corrected chi connectivity index (χ4v) is 7.48. The monoisotopic (exact) mass is 700 g/mol. The summed E-state index contributed by atoms with van der Waals surface area (Å²) in [6.45, 7) is 3.99. The summed E-state index contributed by atoms with van der Waals surface area (Å²) < 4.78 is 47.9. The first kappa shape index (κ1) is 40.2. The number of thioether (sulfide) groups is 1. The lowest BCUT2D eigenvalue weighted by molar-refractivity contribution is -0.00466. The molecule has 0 bridgehead atoms. The molecule has 0 atom stereocenters. The second-order valence-corrected chi connectivity index (χ2v) is 14.7. The van der Waals surface area contributed by atoms with Crippen molar-refractivity contribution >= 4 is 21.9 Å². The predicted molar refractivity (Wildman–Crippen MR) is 197 cm³/mol. The van der Waals surface area contributed by atoms with Crippen molar-refractivity contribution in [2.24, 2.45) is 0 Å². The molecule has 3 aromatic carbocycles. The van der Waals surface area contributed by atoms with Gasteiger partial charge in [-0.15, -0.1) is 11.8 Å². The van der Waals surface area contributed by atoms with Crippen LogP contribution in [-0.4, -0.2) is 79.9 Å². The van der Waals surface area contributed by atoms with E-state index >= 15 is 0 Å². The van der Waals surface area contributed by atoms with Gasteiger partial charge in [0, 0.05) is 6.61 Å². The lowest BCUT2D eigenvalue weighted by atomic mass is 9.84. The van der Waals surface area contributed by atoms with E-state index in [1.165, 1.54) is 68.1 Å². The van der Waals surface area contributed by atoms with E-state index in [0.717, 1.165) is 25.0 Å². The molecule has 0 aliphatic carbocycles. The standard InChI is InChI=1S/C39H56O7S2/c1-48(40,41)46-34-33-45-32-31-44-30-29-43-28-27-42-26-18-7-5-3-2-4-6-8-19-35-47-39(36-20-12-9-13-21-36,37-22-14-10-15-23-37)38-24-16-11-17-25-38/h9-17,20-25H,2-8,18-19,26-35H2,1H3. The molecule has 266 valence electrons. The van der Waals surface area contributed by atoms with E-state index in [0.29, 0.717) is 39.6 Å². The molecule has 0 N–H and O–H groups in total. The van der Waals surface area contributed by atoms with Gasteiger partial charge < -0.3 is 18.9 Å². The van der Waals surface area contributed by atoms with E-state index in [-0.39, 0.29) is 18.0 Å². The molecule has 0 saturated carbocycles. The highest BCUT2D eigenvalue weighted by Gasteiger charge is 2.36. The lowest BCUT2D eigenvalue weighted by Gasteiger charge is -2.35. The van der Waals surface area contributed by atoms with Crippen LogP contribution in [0, 0.1) is 0 Å². The van der Waals surface area contributed by atoms with Crippen molar-refractivity contribution in [3.63, 3.8) is 0 Å². The number of benzene rings is 3. The highest BCUT2D eigenvalue weighted by atomic mass is 32.2. The van der Waals surface area contributed by atoms with Gasteiger partial charge in [-0.1, -0.05) is 136 Å². The molecule has 0 fully saturated rings. The predicted octanol–water partition coefficient (Wildman–Crippen LogP) is 8.27. The van der Waals surface area contributed by atoms with Crippen LogP contribution in [0.5, 0.6) is 0 Å². The zero-order valence-electron chi connectivity index (χ0n) is 28.8. The molecule has 9 heteroatoms. The van der Waals surface area contributed by atoms with E-state index in [9.17, 15) is 8.42 Å². The summed E-state index contributed by atoms with van der Waals surface area (Å²) in [6.07, 6.45) is 12.4. The quantitative estimate of drug-likeness (QED) is 0.0407. The molecule has 0 aromatic heterocycles. The maximum Gasteiger partial charge on any atom is 0.264 e. The van der Waals surface area contributed by atoms with Crippen LogP contribution in [0.2, 0.25) is 0 Å². The van der Waals surface area contributed by atoms with Crippen LogP contribution >= 0.6 is 11.8 Å².